The van der Waals surface area contributed by atoms with E-state index in [0.29, 0.717) is 18.4 Å². The van der Waals surface area contributed by atoms with Gasteiger partial charge in [-0.15, -0.1) is 6.58 Å². The largest absolute Gasteiger partial charge is 0.339 e. The fraction of sp³-hybridized carbons (Fsp3) is 0.700. The third-order valence-corrected chi connectivity index (χ3v) is 2.44. The lowest BCUT2D eigenvalue weighted by molar-refractivity contribution is -0.131. The summed E-state index contributed by atoms with van der Waals surface area (Å²) >= 11 is 0. The standard InChI is InChI=1S/C10H17NO/c1-3-6-9-7-5-8-11(9)10(12)4-2/h3,9H,1,4-8H2,2H3/t9-/m1/s1. The predicted octanol–water partition coefficient (Wildman–Crippen LogP) is 1.96. The molecule has 1 fully saturated rings. The number of carbonyl (C=O) groups is 1. The van der Waals surface area contributed by atoms with Gasteiger partial charge in [0.25, 0.3) is 0 Å². The van der Waals surface area contributed by atoms with Crippen molar-refractivity contribution in [2.24, 2.45) is 0 Å². The van der Waals surface area contributed by atoms with E-state index in [9.17, 15) is 4.79 Å². The molecule has 1 saturated heterocycles. The molecule has 2 nitrogen and oxygen atoms in total. The van der Waals surface area contributed by atoms with Gasteiger partial charge in [-0.3, -0.25) is 4.79 Å². The Balaban J connectivity index is 2.50. The quantitative estimate of drug-likeness (QED) is 0.588. The summed E-state index contributed by atoms with van der Waals surface area (Å²) in [6.07, 6.45) is 5.80. The molecular formula is C10H17NO. The van der Waals surface area contributed by atoms with E-state index < -0.39 is 0 Å². The molecule has 0 saturated carbocycles. The van der Waals surface area contributed by atoms with Crippen LogP contribution in [-0.4, -0.2) is 23.4 Å². The number of hydrogen-bond acceptors (Lipinski definition) is 1. The average molecular weight is 167 g/mol. The molecule has 1 rings (SSSR count). The SMILES string of the molecule is C=CC[C@@H]1CCCN1C(=O)CC. The Kier molecular flexibility index (Phi) is 3.32. The van der Waals surface area contributed by atoms with Crippen molar-refractivity contribution >= 4 is 5.91 Å². The molecule has 68 valence electrons. The molecular weight excluding hydrogens is 150 g/mol. The van der Waals surface area contributed by atoms with Gasteiger partial charge in [0.05, 0.1) is 0 Å². The van der Waals surface area contributed by atoms with Crippen molar-refractivity contribution in [1.29, 1.82) is 0 Å². The molecule has 1 aliphatic rings. The third kappa shape index (κ3) is 1.87. The Morgan fingerprint density at radius 3 is 3.08 bits per heavy atom. The molecule has 0 aliphatic carbocycles. The van der Waals surface area contributed by atoms with E-state index in [1.165, 1.54) is 0 Å². The minimum absolute atomic E-state index is 0.291. The normalized spacial score (nSPS) is 22.8. The Morgan fingerprint density at radius 2 is 2.50 bits per heavy atom. The van der Waals surface area contributed by atoms with Gasteiger partial charge in [-0.25, -0.2) is 0 Å². The van der Waals surface area contributed by atoms with E-state index in [1.807, 2.05) is 17.9 Å². The minimum atomic E-state index is 0.291. The summed E-state index contributed by atoms with van der Waals surface area (Å²) in [5.41, 5.74) is 0. The maximum atomic E-state index is 11.4. The van der Waals surface area contributed by atoms with Crippen LogP contribution in [0.2, 0.25) is 0 Å². The van der Waals surface area contributed by atoms with Crippen LogP contribution >= 0.6 is 0 Å². The van der Waals surface area contributed by atoms with Crippen LogP contribution in [0, 0.1) is 0 Å². The van der Waals surface area contributed by atoms with Crippen molar-refractivity contribution in [2.45, 2.75) is 38.6 Å². The van der Waals surface area contributed by atoms with Crippen molar-refractivity contribution in [3.05, 3.63) is 12.7 Å². The zero-order valence-electron chi connectivity index (χ0n) is 7.75. The fourth-order valence-corrected chi connectivity index (χ4v) is 1.80. The van der Waals surface area contributed by atoms with E-state index in [0.717, 1.165) is 25.8 Å². The topological polar surface area (TPSA) is 20.3 Å². The van der Waals surface area contributed by atoms with Crippen LogP contribution < -0.4 is 0 Å². The first kappa shape index (κ1) is 9.30. The number of rotatable bonds is 3. The summed E-state index contributed by atoms with van der Waals surface area (Å²) in [6.45, 7) is 6.58. The van der Waals surface area contributed by atoms with Crippen LogP contribution in [0.3, 0.4) is 0 Å². The van der Waals surface area contributed by atoms with Gasteiger partial charge in [0.15, 0.2) is 0 Å². The Labute approximate surface area is 74.2 Å². The summed E-state index contributed by atoms with van der Waals surface area (Å²) < 4.78 is 0. The molecule has 2 heteroatoms. The van der Waals surface area contributed by atoms with E-state index in [2.05, 4.69) is 6.58 Å². The highest BCUT2D eigenvalue weighted by Crippen LogP contribution is 2.20. The molecule has 1 amide bonds. The number of carbonyl (C=O) groups excluding carboxylic acids is 1. The molecule has 0 radical (unpaired) electrons. The molecule has 0 aromatic heterocycles. The molecule has 1 heterocycles. The zero-order chi connectivity index (χ0) is 8.97. The summed E-state index contributed by atoms with van der Waals surface area (Å²) in [4.78, 5) is 13.4. The van der Waals surface area contributed by atoms with Crippen LogP contribution in [0.25, 0.3) is 0 Å². The smallest absolute Gasteiger partial charge is 0.222 e. The minimum Gasteiger partial charge on any atom is -0.339 e. The van der Waals surface area contributed by atoms with Crippen molar-refractivity contribution in [3.63, 3.8) is 0 Å². The molecule has 0 aromatic rings. The second kappa shape index (κ2) is 4.29. The molecule has 1 aliphatic heterocycles. The number of nitrogens with zero attached hydrogens (tertiary/aromatic N) is 1. The lowest BCUT2D eigenvalue weighted by Crippen LogP contribution is -2.34. The lowest BCUT2D eigenvalue weighted by atomic mass is 10.1. The lowest BCUT2D eigenvalue weighted by Gasteiger charge is -2.22. The van der Waals surface area contributed by atoms with Crippen LogP contribution in [-0.2, 0) is 4.79 Å². The van der Waals surface area contributed by atoms with Gasteiger partial charge in [-0.05, 0) is 19.3 Å². The Morgan fingerprint density at radius 1 is 1.75 bits per heavy atom. The molecule has 0 unspecified atom stereocenters. The first-order chi connectivity index (χ1) is 5.79. The highest BCUT2D eigenvalue weighted by Gasteiger charge is 2.25. The average Bonchev–Trinajstić information content (AvgIpc) is 2.52. The van der Waals surface area contributed by atoms with Crippen LogP contribution in [0.15, 0.2) is 12.7 Å². The van der Waals surface area contributed by atoms with Gasteiger partial charge in [0.1, 0.15) is 0 Å². The molecule has 1 atom stereocenters. The van der Waals surface area contributed by atoms with Gasteiger partial charge in [0, 0.05) is 19.0 Å². The van der Waals surface area contributed by atoms with E-state index >= 15 is 0 Å². The highest BCUT2D eigenvalue weighted by molar-refractivity contribution is 5.76. The van der Waals surface area contributed by atoms with Crippen LogP contribution in [0.5, 0.6) is 0 Å². The van der Waals surface area contributed by atoms with Gasteiger partial charge in [-0.2, -0.15) is 0 Å². The van der Waals surface area contributed by atoms with Gasteiger partial charge >= 0.3 is 0 Å². The van der Waals surface area contributed by atoms with Crippen molar-refractivity contribution in [2.75, 3.05) is 6.54 Å². The van der Waals surface area contributed by atoms with E-state index in [1.54, 1.807) is 0 Å². The summed E-state index contributed by atoms with van der Waals surface area (Å²) in [6, 6.07) is 0.440. The molecule has 12 heavy (non-hydrogen) atoms. The van der Waals surface area contributed by atoms with Crippen molar-refractivity contribution in [3.8, 4) is 0 Å². The van der Waals surface area contributed by atoms with Gasteiger partial charge in [0.2, 0.25) is 5.91 Å². The monoisotopic (exact) mass is 167 g/mol. The third-order valence-electron chi connectivity index (χ3n) is 2.44. The van der Waals surface area contributed by atoms with Gasteiger partial charge < -0.3 is 4.90 Å². The highest BCUT2D eigenvalue weighted by atomic mass is 16.2. The molecule has 0 spiro atoms. The second-order valence-electron chi connectivity index (χ2n) is 3.26. The summed E-state index contributed by atoms with van der Waals surface area (Å²) in [5.74, 6) is 0.291. The van der Waals surface area contributed by atoms with Crippen LogP contribution in [0.1, 0.15) is 32.6 Å². The molecule has 0 N–H and O–H groups in total. The number of hydrogen-bond donors (Lipinski definition) is 0. The maximum absolute atomic E-state index is 11.4. The van der Waals surface area contributed by atoms with E-state index in [4.69, 9.17) is 0 Å². The second-order valence-corrected chi connectivity index (χ2v) is 3.26. The molecule has 0 aromatic carbocycles. The summed E-state index contributed by atoms with van der Waals surface area (Å²) in [5, 5.41) is 0. The number of amides is 1. The zero-order valence-corrected chi connectivity index (χ0v) is 7.75. The Bertz CT molecular complexity index is 177. The van der Waals surface area contributed by atoms with Gasteiger partial charge in [-0.1, -0.05) is 13.0 Å². The number of likely N-dealkylation sites (tertiary alicyclic amines) is 1. The maximum Gasteiger partial charge on any atom is 0.222 e. The first-order valence-electron chi connectivity index (χ1n) is 4.70. The summed E-state index contributed by atoms with van der Waals surface area (Å²) in [7, 11) is 0. The van der Waals surface area contributed by atoms with Crippen molar-refractivity contribution < 1.29 is 4.79 Å². The molecule has 0 bridgehead atoms. The van der Waals surface area contributed by atoms with Crippen molar-refractivity contribution in [1.82, 2.24) is 4.90 Å². The first-order valence-corrected chi connectivity index (χ1v) is 4.70. The van der Waals surface area contributed by atoms with Crippen LogP contribution in [0.4, 0.5) is 0 Å². The predicted molar refractivity (Wildman–Crippen MR) is 49.8 cm³/mol. The Hall–Kier alpha value is -0.790. The van der Waals surface area contributed by atoms with E-state index in [-0.39, 0.29) is 0 Å². The fourth-order valence-electron chi connectivity index (χ4n) is 1.80.